The molecule has 1 atom stereocenters. The molecule has 0 saturated heterocycles. The molecule has 16 heavy (non-hydrogen) atoms. The van der Waals surface area contributed by atoms with E-state index in [2.05, 4.69) is 19.2 Å². The molecule has 1 aliphatic carbocycles. The van der Waals surface area contributed by atoms with Gasteiger partial charge in [-0.3, -0.25) is 4.79 Å². The lowest BCUT2D eigenvalue weighted by atomic mass is 9.73. The third kappa shape index (κ3) is 3.48. The average molecular weight is 226 g/mol. The molecule has 1 amide bonds. The summed E-state index contributed by atoms with van der Waals surface area (Å²) < 4.78 is 0. The maximum absolute atomic E-state index is 11.7. The number of amides is 1. The molecule has 0 aromatic heterocycles. The van der Waals surface area contributed by atoms with E-state index in [0.717, 1.165) is 6.54 Å². The van der Waals surface area contributed by atoms with E-state index in [1.807, 2.05) is 14.0 Å². The lowest BCUT2D eigenvalue weighted by molar-refractivity contribution is -0.129. The Balaban J connectivity index is 2.39. The van der Waals surface area contributed by atoms with Crippen LogP contribution in [0.1, 0.15) is 46.5 Å². The normalized spacial score (nSPS) is 24.1. The van der Waals surface area contributed by atoms with Crippen LogP contribution in [-0.2, 0) is 4.79 Å². The highest BCUT2D eigenvalue weighted by molar-refractivity contribution is 5.77. The van der Waals surface area contributed by atoms with E-state index in [4.69, 9.17) is 0 Å². The topological polar surface area (TPSA) is 32.3 Å². The fourth-order valence-electron chi connectivity index (χ4n) is 2.39. The van der Waals surface area contributed by atoms with Crippen molar-refractivity contribution >= 4 is 5.91 Å². The highest BCUT2D eigenvalue weighted by Crippen LogP contribution is 2.35. The van der Waals surface area contributed by atoms with Crippen molar-refractivity contribution < 1.29 is 4.79 Å². The summed E-state index contributed by atoms with van der Waals surface area (Å²) in [5, 5.41) is 3.44. The zero-order chi connectivity index (χ0) is 12.2. The second-order valence-electron chi connectivity index (χ2n) is 5.58. The predicted molar refractivity (Wildman–Crippen MR) is 67.4 cm³/mol. The smallest absolute Gasteiger partial charge is 0.236 e. The highest BCUT2D eigenvalue weighted by Gasteiger charge is 2.32. The van der Waals surface area contributed by atoms with Gasteiger partial charge in [0.15, 0.2) is 0 Å². The van der Waals surface area contributed by atoms with Crippen molar-refractivity contribution in [1.82, 2.24) is 10.2 Å². The molecule has 1 fully saturated rings. The quantitative estimate of drug-likeness (QED) is 0.795. The number of carbonyl (C=O) groups is 1. The second-order valence-corrected chi connectivity index (χ2v) is 5.58. The van der Waals surface area contributed by atoms with Crippen molar-refractivity contribution in [2.45, 2.75) is 52.5 Å². The zero-order valence-corrected chi connectivity index (χ0v) is 11.2. The summed E-state index contributed by atoms with van der Waals surface area (Å²) >= 11 is 0. The Labute approximate surface area is 99.6 Å². The third-order valence-electron chi connectivity index (χ3n) is 3.91. The van der Waals surface area contributed by atoms with Gasteiger partial charge in [-0.1, -0.05) is 26.7 Å². The maximum Gasteiger partial charge on any atom is 0.236 e. The summed E-state index contributed by atoms with van der Waals surface area (Å²) in [4.78, 5) is 13.5. The summed E-state index contributed by atoms with van der Waals surface area (Å²) in [6.45, 7) is 7.88. The van der Waals surface area contributed by atoms with Gasteiger partial charge in [0.05, 0.1) is 6.54 Å². The summed E-state index contributed by atoms with van der Waals surface area (Å²) in [7, 11) is 1.86. The molecule has 0 aromatic rings. The number of likely N-dealkylation sites (N-methyl/N-ethyl adjacent to an activating group) is 1. The monoisotopic (exact) mass is 226 g/mol. The van der Waals surface area contributed by atoms with Crippen molar-refractivity contribution in [1.29, 1.82) is 0 Å². The Morgan fingerprint density at radius 2 is 2.12 bits per heavy atom. The van der Waals surface area contributed by atoms with Gasteiger partial charge in [-0.25, -0.2) is 0 Å². The third-order valence-corrected chi connectivity index (χ3v) is 3.91. The number of nitrogens with one attached hydrogen (secondary N) is 1. The Hall–Kier alpha value is -0.570. The number of rotatable bonds is 4. The fraction of sp³-hybridized carbons (Fsp3) is 0.923. The number of carbonyl (C=O) groups excluding carboxylic acids is 1. The first-order valence-corrected chi connectivity index (χ1v) is 6.44. The Bertz CT molecular complexity index is 238. The minimum absolute atomic E-state index is 0.198. The van der Waals surface area contributed by atoms with Crippen molar-refractivity contribution in [2.24, 2.45) is 5.41 Å². The predicted octanol–water partition coefficient (Wildman–Crippen LogP) is 2.02. The highest BCUT2D eigenvalue weighted by atomic mass is 16.2. The van der Waals surface area contributed by atoms with Crippen LogP contribution >= 0.6 is 0 Å². The van der Waals surface area contributed by atoms with Gasteiger partial charge < -0.3 is 10.2 Å². The van der Waals surface area contributed by atoms with E-state index < -0.39 is 0 Å². The van der Waals surface area contributed by atoms with Crippen molar-refractivity contribution in [2.75, 3.05) is 20.1 Å². The summed E-state index contributed by atoms with van der Waals surface area (Å²) in [6.07, 6.45) is 5.09. The molecule has 1 aliphatic rings. The lowest BCUT2D eigenvalue weighted by Gasteiger charge is -2.39. The Morgan fingerprint density at radius 3 is 2.69 bits per heavy atom. The van der Waals surface area contributed by atoms with Gasteiger partial charge in [0.1, 0.15) is 0 Å². The van der Waals surface area contributed by atoms with Crippen LogP contribution in [0.4, 0.5) is 0 Å². The molecule has 3 nitrogen and oxygen atoms in total. The molecule has 1 unspecified atom stereocenters. The molecule has 3 heteroatoms. The molecule has 0 bridgehead atoms. The largest absolute Gasteiger partial charge is 0.345 e. The van der Waals surface area contributed by atoms with E-state index in [-0.39, 0.29) is 5.91 Å². The minimum atomic E-state index is 0.198. The fourth-order valence-corrected chi connectivity index (χ4v) is 2.39. The molecular weight excluding hydrogens is 200 g/mol. The Morgan fingerprint density at radius 1 is 1.44 bits per heavy atom. The van der Waals surface area contributed by atoms with E-state index in [0.29, 0.717) is 18.0 Å². The first-order chi connectivity index (χ1) is 7.47. The maximum atomic E-state index is 11.7. The summed E-state index contributed by atoms with van der Waals surface area (Å²) in [5.74, 6) is 0.198. The van der Waals surface area contributed by atoms with Crippen molar-refractivity contribution in [3.05, 3.63) is 0 Å². The molecule has 0 heterocycles. The standard InChI is InChI=1S/C13H26N2O/c1-5-15(4)12(16)10-14-11-8-6-7-9-13(11,2)3/h11,14H,5-10H2,1-4H3. The van der Waals surface area contributed by atoms with Gasteiger partial charge in [-0.05, 0) is 25.2 Å². The van der Waals surface area contributed by atoms with E-state index in [1.165, 1.54) is 25.7 Å². The molecule has 0 radical (unpaired) electrons. The van der Waals surface area contributed by atoms with Crippen LogP contribution in [0.25, 0.3) is 0 Å². The second kappa shape index (κ2) is 5.67. The molecule has 1 N–H and O–H groups in total. The van der Waals surface area contributed by atoms with E-state index >= 15 is 0 Å². The van der Waals surface area contributed by atoms with Crippen molar-refractivity contribution in [3.8, 4) is 0 Å². The molecule has 1 saturated carbocycles. The van der Waals surface area contributed by atoms with Gasteiger partial charge in [-0.2, -0.15) is 0 Å². The van der Waals surface area contributed by atoms with Gasteiger partial charge >= 0.3 is 0 Å². The molecule has 1 rings (SSSR count). The van der Waals surface area contributed by atoms with Crippen LogP contribution in [0.5, 0.6) is 0 Å². The van der Waals surface area contributed by atoms with Crippen LogP contribution in [0.3, 0.4) is 0 Å². The van der Waals surface area contributed by atoms with Gasteiger partial charge in [-0.15, -0.1) is 0 Å². The SMILES string of the molecule is CCN(C)C(=O)CNC1CCCCC1(C)C. The van der Waals surface area contributed by atoms with Crippen LogP contribution in [0, 0.1) is 5.41 Å². The number of hydrogen-bond donors (Lipinski definition) is 1. The van der Waals surface area contributed by atoms with Gasteiger partial charge in [0, 0.05) is 19.6 Å². The average Bonchev–Trinajstić information content (AvgIpc) is 2.25. The number of nitrogens with zero attached hydrogens (tertiary/aromatic N) is 1. The minimum Gasteiger partial charge on any atom is -0.345 e. The van der Waals surface area contributed by atoms with Gasteiger partial charge in [0.25, 0.3) is 0 Å². The van der Waals surface area contributed by atoms with Gasteiger partial charge in [0.2, 0.25) is 5.91 Å². The Kier molecular flexibility index (Phi) is 4.78. The zero-order valence-electron chi connectivity index (χ0n) is 11.2. The van der Waals surface area contributed by atoms with Crippen LogP contribution < -0.4 is 5.32 Å². The van der Waals surface area contributed by atoms with E-state index in [1.54, 1.807) is 4.90 Å². The number of hydrogen-bond acceptors (Lipinski definition) is 2. The molecule has 0 aliphatic heterocycles. The first kappa shape index (κ1) is 13.5. The molecule has 0 spiro atoms. The lowest BCUT2D eigenvalue weighted by Crippen LogP contribution is -2.48. The van der Waals surface area contributed by atoms with Crippen LogP contribution in [-0.4, -0.2) is 37.0 Å². The summed E-state index contributed by atoms with van der Waals surface area (Å²) in [5.41, 5.74) is 0.337. The molecule has 0 aromatic carbocycles. The summed E-state index contributed by atoms with van der Waals surface area (Å²) in [6, 6.07) is 0.496. The first-order valence-electron chi connectivity index (χ1n) is 6.44. The molecule has 94 valence electrons. The van der Waals surface area contributed by atoms with E-state index in [9.17, 15) is 4.79 Å². The van der Waals surface area contributed by atoms with Crippen molar-refractivity contribution in [3.63, 3.8) is 0 Å². The van der Waals surface area contributed by atoms with Crippen LogP contribution in [0.15, 0.2) is 0 Å². The van der Waals surface area contributed by atoms with Crippen LogP contribution in [0.2, 0.25) is 0 Å². The molecular formula is C13H26N2O.